The Balaban J connectivity index is 1.81. The van der Waals surface area contributed by atoms with Crippen LogP contribution in [0.1, 0.15) is 13.8 Å². The maximum absolute atomic E-state index is 11.8. The van der Waals surface area contributed by atoms with Gasteiger partial charge in [0.15, 0.2) is 17.5 Å². The summed E-state index contributed by atoms with van der Waals surface area (Å²) in [5.41, 5.74) is 0. The van der Waals surface area contributed by atoms with Crippen molar-refractivity contribution < 1.29 is 19.0 Å². The second-order valence-electron chi connectivity index (χ2n) is 6.18. The van der Waals surface area contributed by atoms with Crippen LogP contribution in [0.5, 0.6) is 11.5 Å². The molecule has 2 rings (SSSR count). The first-order valence-corrected chi connectivity index (χ1v) is 9.26. The number of carbonyl (C=O) groups excluding carboxylic acids is 1. The Morgan fingerprint density at radius 2 is 1.81 bits per heavy atom. The van der Waals surface area contributed by atoms with Crippen LogP contribution in [0.4, 0.5) is 4.79 Å². The number of carbonyl (C=O) groups is 1. The normalized spacial score (nSPS) is 15.9. The summed E-state index contributed by atoms with van der Waals surface area (Å²) < 4.78 is 16.3. The van der Waals surface area contributed by atoms with Gasteiger partial charge in [-0.15, -0.1) is 0 Å². The summed E-state index contributed by atoms with van der Waals surface area (Å²) in [4.78, 5) is 20.0. The van der Waals surface area contributed by atoms with Crippen molar-refractivity contribution in [3.8, 4) is 11.5 Å². The van der Waals surface area contributed by atoms with Gasteiger partial charge in [0.25, 0.3) is 0 Å². The molecule has 8 heteroatoms. The SMILES string of the molecule is CCOC(=O)N1CCN(C(=NC)NCC(C)Oc2ccccc2OC)CC1. The average molecular weight is 378 g/mol. The lowest BCUT2D eigenvalue weighted by Gasteiger charge is -2.36. The van der Waals surface area contributed by atoms with Crippen LogP contribution >= 0.6 is 0 Å². The highest BCUT2D eigenvalue weighted by molar-refractivity contribution is 5.80. The minimum absolute atomic E-state index is 0.0705. The molecule has 0 spiro atoms. The van der Waals surface area contributed by atoms with Gasteiger partial charge >= 0.3 is 6.09 Å². The number of aliphatic imine (C=N–C) groups is 1. The van der Waals surface area contributed by atoms with E-state index in [1.807, 2.05) is 38.1 Å². The number of para-hydroxylation sites is 2. The Bertz CT molecular complexity index is 630. The Labute approximate surface area is 161 Å². The van der Waals surface area contributed by atoms with Crippen LogP contribution in [0.25, 0.3) is 0 Å². The molecular formula is C19H30N4O4. The molecule has 1 aromatic rings. The molecular weight excluding hydrogens is 348 g/mol. The number of piperazine rings is 1. The van der Waals surface area contributed by atoms with Crippen LogP contribution in [-0.4, -0.2) is 81.4 Å². The third-order valence-electron chi connectivity index (χ3n) is 4.26. The summed E-state index contributed by atoms with van der Waals surface area (Å²) in [6, 6.07) is 7.59. The maximum Gasteiger partial charge on any atom is 0.409 e. The summed E-state index contributed by atoms with van der Waals surface area (Å²) >= 11 is 0. The van der Waals surface area contributed by atoms with E-state index in [1.54, 1.807) is 19.1 Å². The molecule has 1 aromatic carbocycles. The van der Waals surface area contributed by atoms with E-state index in [9.17, 15) is 4.79 Å². The number of guanidine groups is 1. The number of hydrogen-bond acceptors (Lipinski definition) is 5. The largest absolute Gasteiger partial charge is 0.493 e. The Hall–Kier alpha value is -2.64. The standard InChI is InChI=1S/C19H30N4O4/c1-5-26-19(24)23-12-10-22(11-13-23)18(20-3)21-14-15(2)27-17-9-7-6-8-16(17)25-4/h6-9,15H,5,10-14H2,1-4H3,(H,20,21). The molecule has 0 bridgehead atoms. The Kier molecular flexibility index (Phi) is 8.03. The third kappa shape index (κ3) is 5.94. The number of methoxy groups -OCH3 is 1. The van der Waals surface area contributed by atoms with Gasteiger partial charge in [-0.1, -0.05) is 12.1 Å². The van der Waals surface area contributed by atoms with Crippen molar-refractivity contribution in [3.63, 3.8) is 0 Å². The fourth-order valence-corrected chi connectivity index (χ4v) is 2.86. The van der Waals surface area contributed by atoms with E-state index in [2.05, 4.69) is 15.2 Å². The second kappa shape index (κ2) is 10.5. The highest BCUT2D eigenvalue weighted by Gasteiger charge is 2.24. The topological polar surface area (TPSA) is 75.6 Å². The molecule has 27 heavy (non-hydrogen) atoms. The zero-order chi connectivity index (χ0) is 19.6. The number of ether oxygens (including phenoxy) is 3. The van der Waals surface area contributed by atoms with Gasteiger partial charge < -0.3 is 29.3 Å². The Morgan fingerprint density at radius 1 is 1.19 bits per heavy atom. The van der Waals surface area contributed by atoms with Crippen LogP contribution in [0.2, 0.25) is 0 Å². The molecule has 8 nitrogen and oxygen atoms in total. The number of rotatable bonds is 6. The molecule has 0 saturated carbocycles. The zero-order valence-corrected chi connectivity index (χ0v) is 16.6. The molecule has 0 radical (unpaired) electrons. The van der Waals surface area contributed by atoms with E-state index in [1.165, 1.54) is 0 Å². The molecule has 1 fully saturated rings. The molecule has 0 aliphatic carbocycles. The van der Waals surface area contributed by atoms with Gasteiger partial charge in [0, 0.05) is 33.2 Å². The molecule has 150 valence electrons. The number of benzene rings is 1. The van der Waals surface area contributed by atoms with Crippen molar-refractivity contribution in [2.75, 3.05) is 53.5 Å². The van der Waals surface area contributed by atoms with Crippen molar-refractivity contribution in [1.29, 1.82) is 0 Å². The summed E-state index contributed by atoms with van der Waals surface area (Å²) in [5.74, 6) is 2.23. The summed E-state index contributed by atoms with van der Waals surface area (Å²) in [5, 5.41) is 3.34. The van der Waals surface area contributed by atoms with E-state index < -0.39 is 0 Å². The van der Waals surface area contributed by atoms with E-state index >= 15 is 0 Å². The molecule has 1 saturated heterocycles. The molecule has 1 heterocycles. The predicted octanol–water partition coefficient (Wildman–Crippen LogP) is 1.81. The summed E-state index contributed by atoms with van der Waals surface area (Å²) in [6.45, 7) is 7.45. The molecule has 1 aliphatic heterocycles. The number of nitrogens with one attached hydrogen (secondary N) is 1. The van der Waals surface area contributed by atoms with Crippen molar-refractivity contribution in [2.24, 2.45) is 4.99 Å². The monoisotopic (exact) mass is 378 g/mol. The third-order valence-corrected chi connectivity index (χ3v) is 4.26. The number of hydrogen-bond donors (Lipinski definition) is 1. The van der Waals surface area contributed by atoms with Crippen LogP contribution in [0, 0.1) is 0 Å². The van der Waals surface area contributed by atoms with E-state index in [4.69, 9.17) is 14.2 Å². The lowest BCUT2D eigenvalue weighted by Crippen LogP contribution is -2.54. The fourth-order valence-electron chi connectivity index (χ4n) is 2.86. The van der Waals surface area contributed by atoms with Crippen molar-refractivity contribution >= 4 is 12.1 Å². The average Bonchev–Trinajstić information content (AvgIpc) is 2.69. The smallest absolute Gasteiger partial charge is 0.409 e. The van der Waals surface area contributed by atoms with Gasteiger partial charge in [-0.25, -0.2) is 4.79 Å². The fraction of sp³-hybridized carbons (Fsp3) is 0.579. The highest BCUT2D eigenvalue weighted by Crippen LogP contribution is 2.26. The van der Waals surface area contributed by atoms with E-state index in [-0.39, 0.29) is 12.2 Å². The van der Waals surface area contributed by atoms with Gasteiger partial charge in [-0.3, -0.25) is 4.99 Å². The minimum atomic E-state index is -0.251. The molecule has 0 aromatic heterocycles. The minimum Gasteiger partial charge on any atom is -0.493 e. The summed E-state index contributed by atoms with van der Waals surface area (Å²) in [6.07, 6.45) is -0.321. The molecule has 1 atom stereocenters. The first-order valence-electron chi connectivity index (χ1n) is 9.26. The Morgan fingerprint density at radius 3 is 2.41 bits per heavy atom. The van der Waals surface area contributed by atoms with Crippen LogP contribution in [-0.2, 0) is 4.74 Å². The lowest BCUT2D eigenvalue weighted by molar-refractivity contribution is 0.0913. The number of amides is 1. The number of nitrogens with zero attached hydrogens (tertiary/aromatic N) is 3. The van der Waals surface area contributed by atoms with Gasteiger partial charge in [0.05, 0.1) is 20.3 Å². The predicted molar refractivity (Wildman–Crippen MR) is 105 cm³/mol. The van der Waals surface area contributed by atoms with Gasteiger partial charge in [-0.05, 0) is 26.0 Å². The molecule has 1 N–H and O–H groups in total. The zero-order valence-electron chi connectivity index (χ0n) is 16.6. The van der Waals surface area contributed by atoms with Crippen molar-refractivity contribution in [2.45, 2.75) is 20.0 Å². The van der Waals surface area contributed by atoms with Crippen molar-refractivity contribution in [1.82, 2.24) is 15.1 Å². The van der Waals surface area contributed by atoms with E-state index in [0.29, 0.717) is 50.8 Å². The maximum atomic E-state index is 11.8. The van der Waals surface area contributed by atoms with Gasteiger partial charge in [0.1, 0.15) is 6.10 Å². The highest BCUT2D eigenvalue weighted by atomic mass is 16.6. The molecule has 1 unspecified atom stereocenters. The van der Waals surface area contributed by atoms with Crippen LogP contribution in [0.15, 0.2) is 29.3 Å². The molecule has 1 amide bonds. The van der Waals surface area contributed by atoms with Crippen LogP contribution < -0.4 is 14.8 Å². The summed E-state index contributed by atoms with van der Waals surface area (Å²) in [7, 11) is 3.38. The van der Waals surface area contributed by atoms with E-state index in [0.717, 1.165) is 5.96 Å². The molecule has 1 aliphatic rings. The lowest BCUT2D eigenvalue weighted by atomic mass is 10.3. The van der Waals surface area contributed by atoms with Gasteiger partial charge in [-0.2, -0.15) is 0 Å². The first-order chi connectivity index (χ1) is 13.1. The first kappa shape index (κ1) is 20.7. The second-order valence-corrected chi connectivity index (χ2v) is 6.18. The van der Waals surface area contributed by atoms with Crippen LogP contribution in [0.3, 0.4) is 0 Å². The quantitative estimate of drug-likeness (QED) is 0.601. The van der Waals surface area contributed by atoms with Gasteiger partial charge in [0.2, 0.25) is 0 Å². The van der Waals surface area contributed by atoms with Crippen molar-refractivity contribution in [3.05, 3.63) is 24.3 Å².